The predicted molar refractivity (Wildman–Crippen MR) is 73.2 cm³/mol. The van der Waals surface area contributed by atoms with E-state index < -0.39 is 12.1 Å². The van der Waals surface area contributed by atoms with Crippen LogP contribution in [0.3, 0.4) is 0 Å². The predicted octanol–water partition coefficient (Wildman–Crippen LogP) is 4.18. The molecule has 21 heavy (non-hydrogen) atoms. The molecule has 116 valence electrons. The topological polar surface area (TPSA) is 26.3 Å². The minimum atomic E-state index is -4.12. The van der Waals surface area contributed by atoms with Crippen LogP contribution < -0.4 is 4.74 Å². The normalized spacial score (nSPS) is 22.9. The van der Waals surface area contributed by atoms with E-state index >= 15 is 0 Å². The van der Waals surface area contributed by atoms with Crippen LogP contribution in [0, 0.1) is 11.8 Å². The molecule has 0 atom stereocenters. The van der Waals surface area contributed by atoms with Gasteiger partial charge in [0.05, 0.1) is 13.0 Å². The van der Waals surface area contributed by atoms with Crippen molar-refractivity contribution in [2.45, 2.75) is 38.3 Å². The van der Waals surface area contributed by atoms with Crippen LogP contribution in [0.5, 0.6) is 5.75 Å². The number of benzene rings is 1. The number of ether oxygens (including phenoxy) is 1. The van der Waals surface area contributed by atoms with Crippen LogP contribution in [0.1, 0.15) is 31.2 Å². The lowest BCUT2D eigenvalue weighted by atomic mass is 9.78. The average molecular weight is 300 g/mol. The molecule has 2 rings (SSSR count). The molecular weight excluding hydrogens is 281 g/mol. The van der Waals surface area contributed by atoms with Gasteiger partial charge in [-0.2, -0.15) is 13.2 Å². The van der Waals surface area contributed by atoms with E-state index in [2.05, 4.69) is 0 Å². The Morgan fingerprint density at radius 1 is 1.24 bits per heavy atom. The zero-order valence-corrected chi connectivity index (χ0v) is 12.0. The van der Waals surface area contributed by atoms with E-state index in [-0.39, 0.29) is 31.0 Å². The van der Waals surface area contributed by atoms with Crippen molar-refractivity contribution in [1.29, 1.82) is 0 Å². The highest BCUT2D eigenvalue weighted by atomic mass is 19.4. The van der Waals surface area contributed by atoms with Crippen LogP contribution in [-0.4, -0.2) is 19.1 Å². The van der Waals surface area contributed by atoms with Crippen LogP contribution in [0.2, 0.25) is 0 Å². The molecular formula is C16H19F3O2. The van der Waals surface area contributed by atoms with Gasteiger partial charge in [0.2, 0.25) is 0 Å². The van der Waals surface area contributed by atoms with Gasteiger partial charge in [0.15, 0.2) is 0 Å². The third-order valence-corrected chi connectivity index (χ3v) is 4.16. The van der Waals surface area contributed by atoms with Gasteiger partial charge in [-0.05, 0) is 43.4 Å². The van der Waals surface area contributed by atoms with Crippen LogP contribution in [0.25, 0.3) is 0 Å². The summed E-state index contributed by atoms with van der Waals surface area (Å²) in [7, 11) is 1.55. The summed E-state index contributed by atoms with van der Waals surface area (Å²) in [5.41, 5.74) is 0.845. The smallest absolute Gasteiger partial charge is 0.391 e. The third kappa shape index (κ3) is 4.22. The summed E-state index contributed by atoms with van der Waals surface area (Å²) in [6, 6.07) is 7.23. The highest BCUT2D eigenvalue weighted by Crippen LogP contribution is 2.39. The van der Waals surface area contributed by atoms with Gasteiger partial charge >= 0.3 is 6.18 Å². The fourth-order valence-corrected chi connectivity index (χ4v) is 2.87. The number of hydrogen-bond acceptors (Lipinski definition) is 2. The number of carbonyl (C=O) groups excluding carboxylic acids is 1. The van der Waals surface area contributed by atoms with Gasteiger partial charge in [-0.1, -0.05) is 12.1 Å². The second kappa shape index (κ2) is 6.50. The third-order valence-electron chi connectivity index (χ3n) is 4.16. The van der Waals surface area contributed by atoms with E-state index in [1.54, 1.807) is 19.2 Å². The van der Waals surface area contributed by atoms with Gasteiger partial charge in [-0.15, -0.1) is 0 Å². The van der Waals surface area contributed by atoms with Crippen molar-refractivity contribution in [2.24, 2.45) is 11.8 Å². The largest absolute Gasteiger partial charge is 0.497 e. The molecule has 0 aliphatic heterocycles. The number of halogens is 3. The molecule has 0 radical (unpaired) electrons. The van der Waals surface area contributed by atoms with Crippen molar-refractivity contribution >= 4 is 5.78 Å². The van der Waals surface area contributed by atoms with Crippen molar-refractivity contribution in [3.8, 4) is 5.75 Å². The molecule has 5 heteroatoms. The summed E-state index contributed by atoms with van der Waals surface area (Å²) in [4.78, 5) is 12.2. The number of carbonyl (C=O) groups is 1. The van der Waals surface area contributed by atoms with Gasteiger partial charge in [0.1, 0.15) is 11.5 Å². The zero-order chi connectivity index (χ0) is 15.5. The summed E-state index contributed by atoms with van der Waals surface area (Å²) in [6.07, 6.45) is -3.05. The minimum Gasteiger partial charge on any atom is -0.497 e. The fraction of sp³-hybridized carbons (Fsp3) is 0.562. The van der Waals surface area contributed by atoms with Crippen molar-refractivity contribution in [1.82, 2.24) is 0 Å². The van der Waals surface area contributed by atoms with E-state index in [9.17, 15) is 18.0 Å². The molecule has 0 heterocycles. The van der Waals surface area contributed by atoms with Gasteiger partial charge in [-0.25, -0.2) is 0 Å². The Morgan fingerprint density at radius 2 is 1.90 bits per heavy atom. The molecule has 0 aromatic heterocycles. The van der Waals surface area contributed by atoms with E-state index in [0.29, 0.717) is 18.6 Å². The van der Waals surface area contributed by atoms with Crippen molar-refractivity contribution in [3.05, 3.63) is 29.8 Å². The minimum absolute atomic E-state index is 0.0314. The first-order valence-electron chi connectivity index (χ1n) is 7.12. The summed E-state index contributed by atoms with van der Waals surface area (Å²) in [5.74, 6) is -0.766. The molecule has 1 saturated carbocycles. The molecule has 0 N–H and O–H groups in total. The molecule has 1 aliphatic rings. The standard InChI is InChI=1S/C16H19F3O2/c1-21-14-4-2-3-11(9-14)10-15(20)12-5-7-13(8-6-12)16(17,18)19/h2-4,9,12-13H,5-8,10H2,1H3. The first-order chi connectivity index (χ1) is 9.90. The molecule has 0 amide bonds. The Labute approximate surface area is 122 Å². The number of ketones is 1. The van der Waals surface area contributed by atoms with E-state index in [1.807, 2.05) is 12.1 Å². The first kappa shape index (κ1) is 15.9. The molecule has 1 aromatic rings. The number of rotatable bonds is 4. The van der Waals surface area contributed by atoms with E-state index in [4.69, 9.17) is 4.74 Å². The second-order valence-corrected chi connectivity index (χ2v) is 5.58. The highest BCUT2D eigenvalue weighted by Gasteiger charge is 2.42. The maximum Gasteiger partial charge on any atom is 0.391 e. The van der Waals surface area contributed by atoms with Gasteiger partial charge < -0.3 is 4.74 Å². The lowest BCUT2D eigenvalue weighted by Gasteiger charge is -2.29. The molecule has 0 saturated heterocycles. The summed E-state index contributed by atoms with van der Waals surface area (Å²) in [6.45, 7) is 0. The van der Waals surface area contributed by atoms with Gasteiger partial charge in [0, 0.05) is 12.3 Å². The Balaban J connectivity index is 1.90. The lowest BCUT2D eigenvalue weighted by molar-refractivity contribution is -0.184. The second-order valence-electron chi connectivity index (χ2n) is 5.58. The first-order valence-corrected chi connectivity index (χ1v) is 7.12. The maximum atomic E-state index is 12.6. The van der Waals surface area contributed by atoms with Gasteiger partial charge in [0.25, 0.3) is 0 Å². The summed E-state index contributed by atoms with van der Waals surface area (Å²) >= 11 is 0. The van der Waals surface area contributed by atoms with Crippen LogP contribution in [-0.2, 0) is 11.2 Å². The van der Waals surface area contributed by atoms with Crippen molar-refractivity contribution in [3.63, 3.8) is 0 Å². The zero-order valence-electron chi connectivity index (χ0n) is 12.0. The Hall–Kier alpha value is -1.52. The number of methoxy groups -OCH3 is 1. The van der Waals surface area contributed by atoms with E-state index in [0.717, 1.165) is 5.56 Å². The Kier molecular flexibility index (Phi) is 4.91. The summed E-state index contributed by atoms with van der Waals surface area (Å²) in [5, 5.41) is 0. The molecule has 2 nitrogen and oxygen atoms in total. The van der Waals surface area contributed by atoms with Crippen molar-refractivity contribution < 1.29 is 22.7 Å². The maximum absolute atomic E-state index is 12.6. The number of alkyl halides is 3. The van der Waals surface area contributed by atoms with Crippen LogP contribution >= 0.6 is 0 Å². The average Bonchev–Trinajstić information content (AvgIpc) is 2.46. The van der Waals surface area contributed by atoms with Crippen molar-refractivity contribution in [2.75, 3.05) is 7.11 Å². The summed E-state index contributed by atoms with van der Waals surface area (Å²) < 4.78 is 42.9. The fourth-order valence-electron chi connectivity index (χ4n) is 2.87. The monoisotopic (exact) mass is 300 g/mol. The highest BCUT2D eigenvalue weighted by molar-refractivity contribution is 5.83. The Morgan fingerprint density at radius 3 is 2.48 bits per heavy atom. The quantitative estimate of drug-likeness (QED) is 0.834. The van der Waals surface area contributed by atoms with Crippen LogP contribution in [0.4, 0.5) is 13.2 Å². The van der Waals surface area contributed by atoms with Gasteiger partial charge in [-0.3, -0.25) is 4.79 Å². The molecule has 0 bridgehead atoms. The Bertz CT molecular complexity index is 489. The van der Waals surface area contributed by atoms with Crippen LogP contribution in [0.15, 0.2) is 24.3 Å². The molecule has 1 aromatic carbocycles. The number of hydrogen-bond donors (Lipinski definition) is 0. The SMILES string of the molecule is COc1cccc(CC(=O)C2CCC(C(F)(F)F)CC2)c1. The lowest BCUT2D eigenvalue weighted by Crippen LogP contribution is -2.30. The number of Topliss-reactive ketones (excluding diaryl/α,β-unsaturated/α-hetero) is 1. The van der Waals surface area contributed by atoms with E-state index in [1.165, 1.54) is 0 Å². The molecule has 1 fully saturated rings. The molecule has 0 unspecified atom stereocenters. The molecule has 1 aliphatic carbocycles. The molecule has 0 spiro atoms.